The molecular formula is C12H18N2O3. The molecule has 0 aliphatic carbocycles. The number of aromatic nitrogens is 2. The molecule has 0 fully saturated rings. The molecule has 0 atom stereocenters. The molecule has 0 bridgehead atoms. The van der Waals surface area contributed by atoms with Gasteiger partial charge in [-0.3, -0.25) is 4.79 Å². The smallest absolute Gasteiger partial charge is 0.303 e. The van der Waals surface area contributed by atoms with Crippen molar-refractivity contribution in [3.8, 4) is 5.88 Å². The first kappa shape index (κ1) is 13.4. The minimum Gasteiger partial charge on any atom is -0.481 e. The Morgan fingerprint density at radius 2 is 2.18 bits per heavy atom. The van der Waals surface area contributed by atoms with Crippen LogP contribution >= 0.6 is 0 Å². The van der Waals surface area contributed by atoms with Crippen LogP contribution < -0.4 is 4.74 Å². The Morgan fingerprint density at radius 1 is 1.47 bits per heavy atom. The Balaban J connectivity index is 2.97. The molecular weight excluding hydrogens is 220 g/mol. The van der Waals surface area contributed by atoms with E-state index in [0.717, 1.165) is 17.7 Å². The van der Waals surface area contributed by atoms with Crippen LogP contribution in [0.1, 0.15) is 31.5 Å². The lowest BCUT2D eigenvalue weighted by Gasteiger charge is -2.12. The molecule has 0 aromatic carbocycles. The Bertz CT molecular complexity index is 391. The number of ether oxygens (including phenoxy) is 1. The SMILES string of the molecule is COc1ncnc(CC(C)C)c1CCC(=O)O. The summed E-state index contributed by atoms with van der Waals surface area (Å²) in [6.07, 6.45) is 2.73. The fraction of sp³-hybridized carbons (Fsp3) is 0.583. The highest BCUT2D eigenvalue weighted by molar-refractivity contribution is 5.67. The number of hydrogen-bond donors (Lipinski definition) is 1. The highest BCUT2D eigenvalue weighted by Gasteiger charge is 2.14. The summed E-state index contributed by atoms with van der Waals surface area (Å²) < 4.78 is 5.16. The zero-order valence-electron chi connectivity index (χ0n) is 10.4. The number of rotatable bonds is 6. The van der Waals surface area contributed by atoms with Crippen LogP contribution in [0.25, 0.3) is 0 Å². The first-order valence-corrected chi connectivity index (χ1v) is 5.63. The van der Waals surface area contributed by atoms with Crippen LogP contribution in [-0.4, -0.2) is 28.2 Å². The molecule has 0 unspecified atom stereocenters. The number of carbonyl (C=O) groups is 1. The monoisotopic (exact) mass is 238 g/mol. The Labute approximate surface area is 101 Å². The number of hydrogen-bond acceptors (Lipinski definition) is 4. The van der Waals surface area contributed by atoms with Crippen molar-refractivity contribution in [1.82, 2.24) is 9.97 Å². The maximum Gasteiger partial charge on any atom is 0.303 e. The summed E-state index contributed by atoms with van der Waals surface area (Å²) in [5, 5.41) is 8.73. The van der Waals surface area contributed by atoms with E-state index in [0.29, 0.717) is 18.2 Å². The van der Waals surface area contributed by atoms with Gasteiger partial charge in [0.25, 0.3) is 0 Å². The summed E-state index contributed by atoms with van der Waals surface area (Å²) in [6.45, 7) is 4.19. The van der Waals surface area contributed by atoms with Crippen molar-refractivity contribution >= 4 is 5.97 Å². The summed E-state index contributed by atoms with van der Waals surface area (Å²) >= 11 is 0. The van der Waals surface area contributed by atoms with Crippen molar-refractivity contribution in [2.45, 2.75) is 33.1 Å². The number of aliphatic carboxylic acids is 1. The fourth-order valence-electron chi connectivity index (χ4n) is 1.65. The molecule has 0 saturated heterocycles. The molecule has 1 aromatic heterocycles. The van der Waals surface area contributed by atoms with E-state index in [2.05, 4.69) is 23.8 Å². The number of carboxylic acid groups (broad SMARTS) is 1. The second-order valence-corrected chi connectivity index (χ2v) is 4.30. The van der Waals surface area contributed by atoms with Crippen LogP contribution in [0.5, 0.6) is 5.88 Å². The zero-order chi connectivity index (χ0) is 12.8. The van der Waals surface area contributed by atoms with Gasteiger partial charge in [-0.2, -0.15) is 0 Å². The first-order chi connectivity index (χ1) is 8.04. The molecule has 0 radical (unpaired) electrons. The molecule has 17 heavy (non-hydrogen) atoms. The van der Waals surface area contributed by atoms with Crippen LogP contribution in [0, 0.1) is 5.92 Å². The van der Waals surface area contributed by atoms with E-state index in [1.807, 2.05) is 0 Å². The summed E-state index contributed by atoms with van der Waals surface area (Å²) in [6, 6.07) is 0. The van der Waals surface area contributed by atoms with Gasteiger partial charge in [0.05, 0.1) is 12.8 Å². The normalized spacial score (nSPS) is 10.6. The van der Waals surface area contributed by atoms with Gasteiger partial charge in [0.15, 0.2) is 0 Å². The van der Waals surface area contributed by atoms with E-state index >= 15 is 0 Å². The number of carboxylic acids is 1. The van der Waals surface area contributed by atoms with Crippen LogP contribution in [0.15, 0.2) is 6.33 Å². The van der Waals surface area contributed by atoms with Crippen molar-refractivity contribution in [3.63, 3.8) is 0 Å². The maximum atomic E-state index is 10.6. The standard InChI is InChI=1S/C12H18N2O3/c1-8(2)6-10-9(4-5-11(15)16)12(17-3)14-7-13-10/h7-8H,4-6H2,1-3H3,(H,15,16). The Morgan fingerprint density at radius 3 is 2.71 bits per heavy atom. The highest BCUT2D eigenvalue weighted by atomic mass is 16.5. The van der Waals surface area contributed by atoms with E-state index < -0.39 is 5.97 Å². The summed E-state index contributed by atoms with van der Waals surface area (Å²) in [5.41, 5.74) is 1.69. The van der Waals surface area contributed by atoms with Crippen molar-refractivity contribution in [2.75, 3.05) is 7.11 Å². The third kappa shape index (κ3) is 4.01. The largest absolute Gasteiger partial charge is 0.481 e. The van der Waals surface area contributed by atoms with Crippen molar-refractivity contribution in [1.29, 1.82) is 0 Å². The van der Waals surface area contributed by atoms with Crippen LogP contribution in [-0.2, 0) is 17.6 Å². The molecule has 0 spiro atoms. The molecule has 0 aliphatic rings. The quantitative estimate of drug-likeness (QED) is 0.816. The predicted molar refractivity (Wildman–Crippen MR) is 63.1 cm³/mol. The molecule has 1 aromatic rings. The molecule has 0 saturated carbocycles. The molecule has 1 N–H and O–H groups in total. The average molecular weight is 238 g/mol. The van der Waals surface area contributed by atoms with E-state index in [4.69, 9.17) is 9.84 Å². The first-order valence-electron chi connectivity index (χ1n) is 5.63. The van der Waals surface area contributed by atoms with Gasteiger partial charge in [-0.05, 0) is 18.8 Å². The van der Waals surface area contributed by atoms with E-state index in [1.54, 1.807) is 0 Å². The fourth-order valence-corrected chi connectivity index (χ4v) is 1.65. The number of nitrogens with zero attached hydrogens (tertiary/aromatic N) is 2. The zero-order valence-corrected chi connectivity index (χ0v) is 10.4. The average Bonchev–Trinajstić information content (AvgIpc) is 2.26. The van der Waals surface area contributed by atoms with Gasteiger partial charge in [0.1, 0.15) is 6.33 Å². The van der Waals surface area contributed by atoms with Gasteiger partial charge in [-0.1, -0.05) is 13.8 Å². The molecule has 94 valence electrons. The van der Waals surface area contributed by atoms with Crippen LogP contribution in [0.2, 0.25) is 0 Å². The van der Waals surface area contributed by atoms with Gasteiger partial charge < -0.3 is 9.84 Å². The van der Waals surface area contributed by atoms with E-state index in [-0.39, 0.29) is 6.42 Å². The summed E-state index contributed by atoms with van der Waals surface area (Å²) in [5.74, 6) is 0.112. The van der Waals surface area contributed by atoms with Gasteiger partial charge in [-0.25, -0.2) is 9.97 Å². The third-order valence-electron chi connectivity index (χ3n) is 2.38. The van der Waals surface area contributed by atoms with Gasteiger partial charge >= 0.3 is 5.97 Å². The lowest BCUT2D eigenvalue weighted by molar-refractivity contribution is -0.136. The molecule has 1 heterocycles. The minimum atomic E-state index is -0.827. The minimum absolute atomic E-state index is 0.0643. The maximum absolute atomic E-state index is 10.6. The summed E-state index contributed by atoms with van der Waals surface area (Å²) in [4.78, 5) is 18.9. The molecule has 5 nitrogen and oxygen atoms in total. The van der Waals surface area contributed by atoms with Gasteiger partial charge in [0, 0.05) is 12.0 Å². The van der Waals surface area contributed by atoms with Gasteiger partial charge in [-0.15, -0.1) is 0 Å². The second kappa shape index (κ2) is 6.18. The van der Waals surface area contributed by atoms with Crippen molar-refractivity contribution < 1.29 is 14.6 Å². The highest BCUT2D eigenvalue weighted by Crippen LogP contribution is 2.21. The Hall–Kier alpha value is -1.65. The lowest BCUT2D eigenvalue weighted by Crippen LogP contribution is -2.08. The van der Waals surface area contributed by atoms with Crippen LogP contribution in [0.4, 0.5) is 0 Å². The predicted octanol–water partition coefficient (Wildman–Crippen LogP) is 1.70. The van der Waals surface area contributed by atoms with Crippen molar-refractivity contribution in [3.05, 3.63) is 17.6 Å². The topological polar surface area (TPSA) is 72.3 Å². The lowest BCUT2D eigenvalue weighted by atomic mass is 10.0. The third-order valence-corrected chi connectivity index (χ3v) is 2.38. The van der Waals surface area contributed by atoms with E-state index in [1.165, 1.54) is 13.4 Å². The molecule has 0 aliphatic heterocycles. The molecule has 0 amide bonds. The Kier molecular flexibility index (Phi) is 4.87. The second-order valence-electron chi connectivity index (χ2n) is 4.30. The number of methoxy groups -OCH3 is 1. The molecule has 5 heteroatoms. The van der Waals surface area contributed by atoms with Crippen molar-refractivity contribution in [2.24, 2.45) is 5.92 Å². The van der Waals surface area contributed by atoms with E-state index in [9.17, 15) is 4.79 Å². The summed E-state index contributed by atoms with van der Waals surface area (Å²) in [7, 11) is 1.53. The van der Waals surface area contributed by atoms with Gasteiger partial charge in [0.2, 0.25) is 5.88 Å². The van der Waals surface area contributed by atoms with Crippen LogP contribution in [0.3, 0.4) is 0 Å². The molecule has 1 rings (SSSR count).